The van der Waals surface area contributed by atoms with Crippen molar-refractivity contribution in [1.82, 2.24) is 4.98 Å². The van der Waals surface area contributed by atoms with Gasteiger partial charge in [-0.25, -0.2) is 0 Å². The fraction of sp³-hybridized carbons (Fsp3) is 0.214. The van der Waals surface area contributed by atoms with E-state index >= 15 is 0 Å². The molecule has 1 atom stereocenters. The average molecular weight is 301 g/mol. The van der Waals surface area contributed by atoms with E-state index in [1.807, 2.05) is 49.4 Å². The van der Waals surface area contributed by atoms with E-state index < -0.39 is 0 Å². The van der Waals surface area contributed by atoms with Crippen molar-refractivity contribution in [3.8, 4) is 5.75 Å². The van der Waals surface area contributed by atoms with E-state index in [0.717, 1.165) is 17.0 Å². The summed E-state index contributed by atoms with van der Waals surface area (Å²) in [4.78, 5) is 4.24. The van der Waals surface area contributed by atoms with Crippen LogP contribution >= 0.6 is 24.8 Å². The summed E-state index contributed by atoms with van der Waals surface area (Å²) in [7, 11) is 0. The van der Waals surface area contributed by atoms with Crippen molar-refractivity contribution in [3.05, 3.63) is 59.9 Å². The van der Waals surface area contributed by atoms with Crippen molar-refractivity contribution in [2.75, 3.05) is 0 Å². The zero-order valence-corrected chi connectivity index (χ0v) is 12.3. The highest BCUT2D eigenvalue weighted by atomic mass is 35.5. The van der Waals surface area contributed by atoms with Gasteiger partial charge in [0.05, 0.1) is 11.9 Å². The minimum absolute atomic E-state index is 0. The molecule has 0 unspecified atom stereocenters. The smallest absolute Gasteiger partial charge is 0.138 e. The molecule has 0 fully saturated rings. The van der Waals surface area contributed by atoms with Crippen molar-refractivity contribution >= 4 is 24.8 Å². The number of hydrogen-bond donors (Lipinski definition) is 1. The Morgan fingerprint density at radius 2 is 1.79 bits per heavy atom. The lowest BCUT2D eigenvalue weighted by molar-refractivity contribution is 0.304. The van der Waals surface area contributed by atoms with Crippen LogP contribution in [-0.4, -0.2) is 4.98 Å². The van der Waals surface area contributed by atoms with Crippen LogP contribution in [0.1, 0.15) is 24.2 Å². The van der Waals surface area contributed by atoms with Crippen molar-refractivity contribution in [2.24, 2.45) is 5.73 Å². The Morgan fingerprint density at radius 3 is 2.32 bits per heavy atom. The molecule has 5 heteroatoms. The predicted octanol–water partition coefficient (Wildman–Crippen LogP) is 3.52. The second-order valence-corrected chi connectivity index (χ2v) is 3.98. The van der Waals surface area contributed by atoms with Gasteiger partial charge in [0.25, 0.3) is 0 Å². The van der Waals surface area contributed by atoms with Crippen LogP contribution in [0, 0.1) is 0 Å². The number of ether oxygens (including phenoxy) is 1. The fourth-order valence-corrected chi connectivity index (χ4v) is 1.49. The summed E-state index contributed by atoms with van der Waals surface area (Å²) < 4.78 is 5.62. The highest BCUT2D eigenvalue weighted by molar-refractivity contribution is 5.85. The van der Waals surface area contributed by atoms with Gasteiger partial charge in [0, 0.05) is 6.04 Å². The van der Waals surface area contributed by atoms with E-state index in [2.05, 4.69) is 4.98 Å². The summed E-state index contributed by atoms with van der Waals surface area (Å²) in [5.74, 6) is 0.762. The zero-order chi connectivity index (χ0) is 12.1. The first-order valence-electron chi connectivity index (χ1n) is 5.64. The van der Waals surface area contributed by atoms with Crippen molar-refractivity contribution in [1.29, 1.82) is 0 Å². The lowest BCUT2D eigenvalue weighted by atomic mass is 10.2. The SMILES string of the molecule is C[C@@H](N)c1ccc(OCc2ccccc2)cn1.Cl.Cl. The molecule has 3 nitrogen and oxygen atoms in total. The molecule has 2 rings (SSSR count). The topological polar surface area (TPSA) is 48.1 Å². The van der Waals surface area contributed by atoms with Crippen molar-refractivity contribution in [3.63, 3.8) is 0 Å². The summed E-state index contributed by atoms with van der Waals surface area (Å²) in [6, 6.07) is 13.8. The molecule has 1 aromatic carbocycles. The Hall–Kier alpha value is -1.29. The number of nitrogens with zero attached hydrogens (tertiary/aromatic N) is 1. The number of hydrogen-bond acceptors (Lipinski definition) is 3. The van der Waals surface area contributed by atoms with Gasteiger partial charge in [-0.1, -0.05) is 30.3 Å². The van der Waals surface area contributed by atoms with E-state index in [1.165, 1.54) is 0 Å². The van der Waals surface area contributed by atoms with Gasteiger partial charge in [0.15, 0.2) is 0 Å². The number of benzene rings is 1. The number of pyridine rings is 1. The maximum atomic E-state index is 5.73. The first-order chi connectivity index (χ1) is 8.25. The Kier molecular flexibility index (Phi) is 8.16. The third kappa shape index (κ3) is 5.47. The molecule has 19 heavy (non-hydrogen) atoms. The number of rotatable bonds is 4. The molecule has 2 N–H and O–H groups in total. The Labute approximate surface area is 126 Å². The second-order valence-electron chi connectivity index (χ2n) is 3.98. The van der Waals surface area contributed by atoms with Gasteiger partial charge in [-0.3, -0.25) is 4.98 Å². The molecule has 0 saturated heterocycles. The van der Waals surface area contributed by atoms with Crippen LogP contribution in [0.15, 0.2) is 48.7 Å². The molecule has 0 aliphatic carbocycles. The van der Waals surface area contributed by atoms with Crippen molar-refractivity contribution < 1.29 is 4.74 Å². The molecule has 0 bridgehead atoms. The normalized spacial score (nSPS) is 10.8. The van der Waals surface area contributed by atoms with Crippen LogP contribution in [0.25, 0.3) is 0 Å². The molecule has 104 valence electrons. The zero-order valence-electron chi connectivity index (χ0n) is 10.7. The molecule has 0 amide bonds. The molecule has 0 aliphatic rings. The summed E-state index contributed by atoms with van der Waals surface area (Å²) in [6.45, 7) is 2.47. The second kappa shape index (κ2) is 8.75. The molecule has 0 radical (unpaired) electrons. The first-order valence-corrected chi connectivity index (χ1v) is 5.64. The standard InChI is InChI=1S/C14H16N2O.2ClH/c1-11(15)14-8-7-13(9-16-14)17-10-12-5-3-2-4-6-12;;/h2-9,11H,10,15H2,1H3;2*1H/t11-;;/m1../s1. The van der Waals surface area contributed by atoms with Gasteiger partial charge < -0.3 is 10.5 Å². The van der Waals surface area contributed by atoms with E-state index in [9.17, 15) is 0 Å². The minimum atomic E-state index is -0.0434. The molecular formula is C14H18Cl2N2O. The molecule has 0 saturated carbocycles. The third-order valence-corrected chi connectivity index (χ3v) is 2.47. The van der Waals surface area contributed by atoms with Gasteiger partial charge in [0.1, 0.15) is 12.4 Å². The van der Waals surface area contributed by atoms with Crippen LogP contribution < -0.4 is 10.5 Å². The van der Waals surface area contributed by atoms with Gasteiger partial charge in [0.2, 0.25) is 0 Å². The van der Waals surface area contributed by atoms with E-state index in [4.69, 9.17) is 10.5 Å². The van der Waals surface area contributed by atoms with Crippen molar-refractivity contribution in [2.45, 2.75) is 19.6 Å². The molecule has 0 aliphatic heterocycles. The van der Waals surface area contributed by atoms with E-state index in [0.29, 0.717) is 6.61 Å². The number of aromatic nitrogens is 1. The van der Waals surface area contributed by atoms with Crippen LogP contribution in [-0.2, 0) is 6.61 Å². The van der Waals surface area contributed by atoms with E-state index in [-0.39, 0.29) is 30.9 Å². The highest BCUT2D eigenvalue weighted by Gasteiger charge is 2.01. The fourth-order valence-electron chi connectivity index (χ4n) is 1.49. The van der Waals surface area contributed by atoms with Crippen LogP contribution in [0.3, 0.4) is 0 Å². The van der Waals surface area contributed by atoms with Gasteiger partial charge >= 0.3 is 0 Å². The molecular weight excluding hydrogens is 283 g/mol. The monoisotopic (exact) mass is 300 g/mol. The molecule has 0 spiro atoms. The molecule has 1 heterocycles. The largest absolute Gasteiger partial charge is 0.487 e. The van der Waals surface area contributed by atoms with Gasteiger partial charge in [-0.2, -0.15) is 0 Å². The third-order valence-electron chi connectivity index (χ3n) is 2.47. The minimum Gasteiger partial charge on any atom is -0.487 e. The average Bonchev–Trinajstić information content (AvgIpc) is 2.38. The maximum Gasteiger partial charge on any atom is 0.138 e. The highest BCUT2D eigenvalue weighted by Crippen LogP contribution is 2.14. The maximum absolute atomic E-state index is 5.73. The first kappa shape index (κ1) is 17.7. The quantitative estimate of drug-likeness (QED) is 0.940. The molecule has 1 aromatic heterocycles. The number of halogens is 2. The summed E-state index contributed by atoms with van der Waals surface area (Å²) in [5.41, 5.74) is 7.74. The summed E-state index contributed by atoms with van der Waals surface area (Å²) >= 11 is 0. The lowest BCUT2D eigenvalue weighted by Gasteiger charge is -2.08. The predicted molar refractivity (Wildman–Crippen MR) is 82.1 cm³/mol. The molecule has 2 aromatic rings. The Bertz CT molecular complexity index is 461. The van der Waals surface area contributed by atoms with Gasteiger partial charge in [-0.15, -0.1) is 24.8 Å². The summed E-state index contributed by atoms with van der Waals surface area (Å²) in [5, 5.41) is 0. The van der Waals surface area contributed by atoms with Gasteiger partial charge in [-0.05, 0) is 24.6 Å². The number of nitrogens with two attached hydrogens (primary N) is 1. The Balaban J connectivity index is 0.00000162. The summed E-state index contributed by atoms with van der Waals surface area (Å²) in [6.07, 6.45) is 1.71. The van der Waals surface area contributed by atoms with Crippen LogP contribution in [0.2, 0.25) is 0 Å². The lowest BCUT2D eigenvalue weighted by Crippen LogP contribution is -2.07. The van der Waals surface area contributed by atoms with Crippen LogP contribution in [0.5, 0.6) is 5.75 Å². The Morgan fingerprint density at radius 1 is 1.11 bits per heavy atom. The van der Waals surface area contributed by atoms with E-state index in [1.54, 1.807) is 6.20 Å². The van der Waals surface area contributed by atoms with Crippen LogP contribution in [0.4, 0.5) is 0 Å².